The summed E-state index contributed by atoms with van der Waals surface area (Å²) in [4.78, 5) is 0. The molecule has 2 heteroatoms. The average Bonchev–Trinajstić information content (AvgIpc) is 2.26. The van der Waals surface area contributed by atoms with Crippen molar-refractivity contribution in [1.82, 2.24) is 5.32 Å². The number of nitrogens with one attached hydrogen (secondary N) is 1. The first-order valence-corrected chi connectivity index (χ1v) is 5.67. The highest BCUT2D eigenvalue weighted by Gasteiger charge is 2.16. The van der Waals surface area contributed by atoms with Crippen LogP contribution >= 0.6 is 0 Å². The molecule has 0 aromatic rings. The molecular weight excluding hydrogens is 174 g/mol. The van der Waals surface area contributed by atoms with E-state index in [9.17, 15) is 0 Å². The molecule has 0 heterocycles. The Morgan fingerprint density at radius 3 is 2.79 bits per heavy atom. The Kier molecular flexibility index (Phi) is 5.20. The standard InChI is InChI=1S/C12H23NO/c1-10(14-3)9-12(13-2)11-7-5-4-6-8-11/h7,10,12-13H,4-6,8-9H2,1-3H3. The van der Waals surface area contributed by atoms with Crippen molar-refractivity contribution in [2.45, 2.75) is 51.2 Å². The molecule has 1 aliphatic carbocycles. The van der Waals surface area contributed by atoms with Crippen molar-refractivity contribution in [2.75, 3.05) is 14.2 Å². The fourth-order valence-electron chi connectivity index (χ4n) is 2.06. The summed E-state index contributed by atoms with van der Waals surface area (Å²) >= 11 is 0. The Balaban J connectivity index is 2.47. The summed E-state index contributed by atoms with van der Waals surface area (Å²) < 4.78 is 5.31. The summed E-state index contributed by atoms with van der Waals surface area (Å²) in [6, 6.07) is 0.519. The Labute approximate surface area is 87.7 Å². The minimum absolute atomic E-state index is 0.343. The second kappa shape index (κ2) is 6.20. The summed E-state index contributed by atoms with van der Waals surface area (Å²) in [6.45, 7) is 2.13. The van der Waals surface area contributed by atoms with Crippen LogP contribution in [0.5, 0.6) is 0 Å². The maximum Gasteiger partial charge on any atom is 0.0561 e. The lowest BCUT2D eigenvalue weighted by molar-refractivity contribution is 0.104. The lowest BCUT2D eigenvalue weighted by Gasteiger charge is -2.25. The zero-order valence-corrected chi connectivity index (χ0v) is 9.68. The lowest BCUT2D eigenvalue weighted by atomic mass is 9.91. The average molecular weight is 197 g/mol. The van der Waals surface area contributed by atoms with E-state index in [1.165, 1.54) is 25.7 Å². The molecule has 0 fully saturated rings. The third-order valence-corrected chi connectivity index (χ3v) is 3.09. The van der Waals surface area contributed by atoms with E-state index in [0.717, 1.165) is 6.42 Å². The number of likely N-dealkylation sites (N-methyl/N-ethyl adjacent to an activating group) is 1. The van der Waals surface area contributed by atoms with Crippen molar-refractivity contribution in [2.24, 2.45) is 0 Å². The fraction of sp³-hybridized carbons (Fsp3) is 0.833. The zero-order chi connectivity index (χ0) is 10.4. The van der Waals surface area contributed by atoms with Crippen LogP contribution in [0.2, 0.25) is 0 Å². The number of allylic oxidation sites excluding steroid dienone is 1. The molecule has 0 aromatic heterocycles. The van der Waals surface area contributed by atoms with E-state index in [1.54, 1.807) is 12.7 Å². The maximum absolute atomic E-state index is 5.31. The molecule has 0 aromatic carbocycles. The molecule has 82 valence electrons. The summed E-state index contributed by atoms with van der Waals surface area (Å²) in [6.07, 6.45) is 9.07. The van der Waals surface area contributed by atoms with Gasteiger partial charge in [0.1, 0.15) is 0 Å². The minimum Gasteiger partial charge on any atom is -0.382 e. The number of methoxy groups -OCH3 is 1. The molecule has 0 spiro atoms. The molecule has 0 bridgehead atoms. The second-order valence-electron chi connectivity index (χ2n) is 4.15. The van der Waals surface area contributed by atoms with Gasteiger partial charge in [0.25, 0.3) is 0 Å². The molecule has 0 radical (unpaired) electrons. The molecule has 2 unspecified atom stereocenters. The fourth-order valence-corrected chi connectivity index (χ4v) is 2.06. The Hall–Kier alpha value is -0.340. The third-order valence-electron chi connectivity index (χ3n) is 3.09. The normalized spacial score (nSPS) is 21.5. The van der Waals surface area contributed by atoms with E-state index in [2.05, 4.69) is 18.3 Å². The smallest absolute Gasteiger partial charge is 0.0561 e. The van der Waals surface area contributed by atoms with Gasteiger partial charge in [-0.05, 0) is 46.1 Å². The molecular formula is C12H23NO. The number of rotatable bonds is 5. The van der Waals surface area contributed by atoms with Gasteiger partial charge in [-0.25, -0.2) is 0 Å². The SMILES string of the molecule is CNC(CC(C)OC)C1=CCCCC1. The zero-order valence-electron chi connectivity index (χ0n) is 9.68. The van der Waals surface area contributed by atoms with Crippen molar-refractivity contribution in [3.63, 3.8) is 0 Å². The van der Waals surface area contributed by atoms with E-state index in [0.29, 0.717) is 12.1 Å². The predicted molar refractivity (Wildman–Crippen MR) is 60.5 cm³/mol. The molecule has 14 heavy (non-hydrogen) atoms. The molecule has 0 saturated carbocycles. The first-order valence-electron chi connectivity index (χ1n) is 5.67. The van der Waals surface area contributed by atoms with Crippen molar-refractivity contribution >= 4 is 0 Å². The summed E-state index contributed by atoms with van der Waals surface area (Å²) in [7, 11) is 3.83. The monoisotopic (exact) mass is 197 g/mol. The lowest BCUT2D eigenvalue weighted by Crippen LogP contribution is -2.32. The Morgan fingerprint density at radius 1 is 1.50 bits per heavy atom. The minimum atomic E-state index is 0.343. The molecule has 0 aliphatic heterocycles. The van der Waals surface area contributed by atoms with Gasteiger partial charge in [-0.15, -0.1) is 0 Å². The summed E-state index contributed by atoms with van der Waals surface area (Å²) in [5, 5.41) is 3.39. The molecule has 2 nitrogen and oxygen atoms in total. The van der Waals surface area contributed by atoms with Gasteiger partial charge in [-0.2, -0.15) is 0 Å². The van der Waals surface area contributed by atoms with Crippen LogP contribution in [0, 0.1) is 0 Å². The molecule has 0 amide bonds. The van der Waals surface area contributed by atoms with Crippen molar-refractivity contribution in [1.29, 1.82) is 0 Å². The van der Waals surface area contributed by atoms with Crippen LogP contribution in [-0.2, 0) is 4.74 Å². The van der Waals surface area contributed by atoms with Gasteiger partial charge in [0.05, 0.1) is 6.10 Å². The van der Waals surface area contributed by atoms with Crippen molar-refractivity contribution in [3.05, 3.63) is 11.6 Å². The van der Waals surface area contributed by atoms with Crippen LogP contribution in [0.4, 0.5) is 0 Å². The quantitative estimate of drug-likeness (QED) is 0.684. The molecule has 1 N–H and O–H groups in total. The van der Waals surface area contributed by atoms with Gasteiger partial charge in [-0.3, -0.25) is 0 Å². The van der Waals surface area contributed by atoms with Crippen LogP contribution in [0.15, 0.2) is 11.6 Å². The van der Waals surface area contributed by atoms with Crippen LogP contribution in [0.25, 0.3) is 0 Å². The van der Waals surface area contributed by atoms with Gasteiger partial charge < -0.3 is 10.1 Å². The molecule has 2 atom stereocenters. The number of ether oxygens (including phenoxy) is 1. The number of hydrogen-bond donors (Lipinski definition) is 1. The first-order chi connectivity index (χ1) is 6.77. The van der Waals surface area contributed by atoms with E-state index in [1.807, 2.05) is 7.05 Å². The maximum atomic E-state index is 5.31. The van der Waals surface area contributed by atoms with Crippen LogP contribution < -0.4 is 5.32 Å². The van der Waals surface area contributed by atoms with Gasteiger partial charge in [0, 0.05) is 13.2 Å². The topological polar surface area (TPSA) is 21.3 Å². The summed E-state index contributed by atoms with van der Waals surface area (Å²) in [5.74, 6) is 0. The molecule has 0 saturated heterocycles. The predicted octanol–water partition coefficient (Wildman–Crippen LogP) is 2.50. The summed E-state index contributed by atoms with van der Waals surface area (Å²) in [5.41, 5.74) is 1.59. The van der Waals surface area contributed by atoms with Crippen LogP contribution in [0.1, 0.15) is 39.0 Å². The largest absolute Gasteiger partial charge is 0.382 e. The van der Waals surface area contributed by atoms with Crippen LogP contribution in [-0.4, -0.2) is 26.3 Å². The van der Waals surface area contributed by atoms with Gasteiger partial charge in [-0.1, -0.05) is 11.6 Å². The third kappa shape index (κ3) is 3.43. The van der Waals surface area contributed by atoms with E-state index in [4.69, 9.17) is 4.74 Å². The Bertz CT molecular complexity index is 189. The highest BCUT2D eigenvalue weighted by atomic mass is 16.5. The van der Waals surface area contributed by atoms with Gasteiger partial charge >= 0.3 is 0 Å². The van der Waals surface area contributed by atoms with Crippen molar-refractivity contribution < 1.29 is 4.74 Å². The molecule has 1 rings (SSSR count). The number of hydrogen-bond acceptors (Lipinski definition) is 2. The van der Waals surface area contributed by atoms with E-state index < -0.39 is 0 Å². The van der Waals surface area contributed by atoms with Crippen LogP contribution in [0.3, 0.4) is 0 Å². The van der Waals surface area contributed by atoms with Gasteiger partial charge in [0.15, 0.2) is 0 Å². The van der Waals surface area contributed by atoms with Gasteiger partial charge in [0.2, 0.25) is 0 Å². The van der Waals surface area contributed by atoms with E-state index in [-0.39, 0.29) is 0 Å². The first kappa shape index (κ1) is 11.7. The highest BCUT2D eigenvalue weighted by Crippen LogP contribution is 2.22. The van der Waals surface area contributed by atoms with Crippen molar-refractivity contribution in [3.8, 4) is 0 Å². The van der Waals surface area contributed by atoms with E-state index >= 15 is 0 Å². The molecule has 1 aliphatic rings. The highest BCUT2D eigenvalue weighted by molar-refractivity contribution is 5.13. The Morgan fingerprint density at radius 2 is 2.29 bits per heavy atom. The second-order valence-corrected chi connectivity index (χ2v) is 4.15.